The summed E-state index contributed by atoms with van der Waals surface area (Å²) in [7, 11) is 0. The standard InChI is InChI=1S/C8H8BrNO/c9-5-8(11)6-1-3-7(10)4-2-6/h1-4H,5,10H2. The Morgan fingerprint density at radius 3 is 2.36 bits per heavy atom. The van der Waals surface area contributed by atoms with Crippen molar-refractivity contribution in [2.24, 2.45) is 0 Å². The molecule has 0 aliphatic rings. The maximum atomic E-state index is 11.0. The van der Waals surface area contributed by atoms with Gasteiger partial charge in [0.2, 0.25) is 0 Å². The second-order valence-corrected chi connectivity index (χ2v) is 2.74. The van der Waals surface area contributed by atoms with Gasteiger partial charge in [0.15, 0.2) is 5.78 Å². The summed E-state index contributed by atoms with van der Waals surface area (Å²) in [6.45, 7) is 0. The molecule has 3 heteroatoms. The average molecular weight is 214 g/mol. The van der Waals surface area contributed by atoms with Crippen molar-refractivity contribution in [1.29, 1.82) is 0 Å². The van der Waals surface area contributed by atoms with Crippen LogP contribution in [0, 0.1) is 0 Å². The van der Waals surface area contributed by atoms with Crippen LogP contribution in [0.5, 0.6) is 0 Å². The molecule has 0 saturated carbocycles. The van der Waals surface area contributed by atoms with Crippen LogP contribution in [0.15, 0.2) is 24.3 Å². The SMILES string of the molecule is Nc1ccc(C(=O)CBr)cc1. The highest BCUT2D eigenvalue weighted by molar-refractivity contribution is 9.09. The molecule has 0 spiro atoms. The lowest BCUT2D eigenvalue weighted by atomic mass is 10.1. The molecule has 0 aliphatic carbocycles. The second-order valence-electron chi connectivity index (χ2n) is 2.18. The van der Waals surface area contributed by atoms with E-state index in [1.165, 1.54) is 0 Å². The van der Waals surface area contributed by atoms with E-state index in [9.17, 15) is 4.79 Å². The van der Waals surface area contributed by atoms with E-state index < -0.39 is 0 Å². The second kappa shape index (κ2) is 3.53. The molecule has 1 aromatic carbocycles. The van der Waals surface area contributed by atoms with Gasteiger partial charge in [-0.15, -0.1) is 0 Å². The van der Waals surface area contributed by atoms with E-state index in [1.54, 1.807) is 24.3 Å². The quantitative estimate of drug-likeness (QED) is 0.463. The number of benzene rings is 1. The summed E-state index contributed by atoms with van der Waals surface area (Å²) in [5.74, 6) is 0.0741. The summed E-state index contributed by atoms with van der Waals surface area (Å²) < 4.78 is 0. The first-order valence-electron chi connectivity index (χ1n) is 3.18. The van der Waals surface area contributed by atoms with Gasteiger partial charge in [0.25, 0.3) is 0 Å². The molecule has 58 valence electrons. The number of hydrogen-bond donors (Lipinski definition) is 1. The third-order valence-electron chi connectivity index (χ3n) is 1.35. The lowest BCUT2D eigenvalue weighted by Crippen LogP contribution is -1.99. The molecule has 11 heavy (non-hydrogen) atoms. The van der Waals surface area contributed by atoms with Crippen LogP contribution in [-0.2, 0) is 0 Å². The van der Waals surface area contributed by atoms with Crippen LogP contribution < -0.4 is 5.73 Å². The van der Waals surface area contributed by atoms with Crippen LogP contribution in [0.25, 0.3) is 0 Å². The summed E-state index contributed by atoms with van der Waals surface area (Å²) in [6.07, 6.45) is 0. The highest BCUT2D eigenvalue weighted by atomic mass is 79.9. The number of carbonyl (C=O) groups excluding carboxylic acids is 1. The Hall–Kier alpha value is -0.830. The van der Waals surface area contributed by atoms with Gasteiger partial charge in [-0.2, -0.15) is 0 Å². The first-order chi connectivity index (χ1) is 5.24. The Labute approximate surface area is 73.5 Å². The van der Waals surface area contributed by atoms with Crippen molar-refractivity contribution < 1.29 is 4.79 Å². The summed E-state index contributed by atoms with van der Waals surface area (Å²) in [5.41, 5.74) is 6.81. The smallest absolute Gasteiger partial charge is 0.173 e. The Kier molecular flexibility index (Phi) is 2.65. The first-order valence-corrected chi connectivity index (χ1v) is 4.31. The summed E-state index contributed by atoms with van der Waals surface area (Å²) in [5, 5.41) is 0.358. The predicted molar refractivity (Wildman–Crippen MR) is 49.0 cm³/mol. The van der Waals surface area contributed by atoms with Gasteiger partial charge in [0.05, 0.1) is 5.33 Å². The van der Waals surface area contributed by atoms with Gasteiger partial charge < -0.3 is 5.73 Å². The zero-order valence-electron chi connectivity index (χ0n) is 5.88. The molecule has 0 atom stereocenters. The van der Waals surface area contributed by atoms with E-state index in [0.717, 1.165) is 0 Å². The Bertz CT molecular complexity index is 255. The number of ketones is 1. The van der Waals surface area contributed by atoms with Crippen LogP contribution in [-0.4, -0.2) is 11.1 Å². The van der Waals surface area contributed by atoms with E-state index in [2.05, 4.69) is 15.9 Å². The van der Waals surface area contributed by atoms with Crippen molar-refractivity contribution in [2.75, 3.05) is 11.1 Å². The molecule has 2 N–H and O–H groups in total. The van der Waals surface area contributed by atoms with Gasteiger partial charge in [-0.25, -0.2) is 0 Å². The van der Waals surface area contributed by atoms with Gasteiger partial charge in [-0.1, -0.05) is 15.9 Å². The predicted octanol–water partition coefficient (Wildman–Crippen LogP) is 1.85. The lowest BCUT2D eigenvalue weighted by molar-refractivity contribution is 0.102. The average Bonchev–Trinajstić information content (AvgIpc) is 2.05. The number of alkyl halides is 1. The van der Waals surface area contributed by atoms with E-state index in [1.807, 2.05) is 0 Å². The van der Waals surface area contributed by atoms with Crippen LogP contribution >= 0.6 is 15.9 Å². The molecule has 1 rings (SSSR count). The maximum absolute atomic E-state index is 11.0. The van der Waals surface area contributed by atoms with E-state index in [-0.39, 0.29) is 5.78 Å². The first kappa shape index (κ1) is 8.27. The van der Waals surface area contributed by atoms with Gasteiger partial charge in [0, 0.05) is 11.3 Å². The number of halogens is 1. The number of carbonyl (C=O) groups is 1. The molecule has 0 aromatic heterocycles. The molecular weight excluding hydrogens is 206 g/mol. The fourth-order valence-corrected chi connectivity index (χ4v) is 1.07. The van der Waals surface area contributed by atoms with Gasteiger partial charge in [-0.05, 0) is 24.3 Å². The maximum Gasteiger partial charge on any atom is 0.173 e. The Morgan fingerprint density at radius 1 is 1.36 bits per heavy atom. The molecule has 0 amide bonds. The van der Waals surface area contributed by atoms with Crippen LogP contribution in [0.3, 0.4) is 0 Å². The zero-order valence-corrected chi connectivity index (χ0v) is 7.47. The van der Waals surface area contributed by atoms with E-state index >= 15 is 0 Å². The minimum absolute atomic E-state index is 0.0741. The van der Waals surface area contributed by atoms with Crippen molar-refractivity contribution in [3.05, 3.63) is 29.8 Å². The normalized spacial score (nSPS) is 9.55. The van der Waals surface area contributed by atoms with Crippen LogP contribution in [0.2, 0.25) is 0 Å². The number of Topliss-reactive ketones (excluding diaryl/α,β-unsaturated/α-hetero) is 1. The highest BCUT2D eigenvalue weighted by Gasteiger charge is 2.01. The molecule has 0 radical (unpaired) electrons. The van der Waals surface area contributed by atoms with Gasteiger partial charge >= 0.3 is 0 Å². The molecule has 0 unspecified atom stereocenters. The minimum atomic E-state index is 0.0741. The van der Waals surface area contributed by atoms with E-state index in [4.69, 9.17) is 5.73 Å². The largest absolute Gasteiger partial charge is 0.399 e. The number of rotatable bonds is 2. The molecule has 2 nitrogen and oxygen atoms in total. The number of anilines is 1. The number of nitrogens with two attached hydrogens (primary N) is 1. The summed E-state index contributed by atoms with van der Waals surface area (Å²) in [6, 6.07) is 6.88. The topological polar surface area (TPSA) is 43.1 Å². The summed E-state index contributed by atoms with van der Waals surface area (Å²) in [4.78, 5) is 11.0. The van der Waals surface area contributed by atoms with Crippen molar-refractivity contribution in [3.8, 4) is 0 Å². The third kappa shape index (κ3) is 2.05. The highest BCUT2D eigenvalue weighted by Crippen LogP contribution is 2.06. The Balaban J connectivity index is 2.90. The molecule has 0 heterocycles. The van der Waals surface area contributed by atoms with Crippen molar-refractivity contribution >= 4 is 27.4 Å². The van der Waals surface area contributed by atoms with Crippen molar-refractivity contribution in [3.63, 3.8) is 0 Å². The molecular formula is C8H8BrNO. The van der Waals surface area contributed by atoms with Crippen LogP contribution in [0.1, 0.15) is 10.4 Å². The summed E-state index contributed by atoms with van der Waals surface area (Å²) >= 11 is 3.09. The monoisotopic (exact) mass is 213 g/mol. The fraction of sp³-hybridized carbons (Fsp3) is 0.125. The minimum Gasteiger partial charge on any atom is -0.399 e. The van der Waals surface area contributed by atoms with Gasteiger partial charge in [-0.3, -0.25) is 4.79 Å². The van der Waals surface area contributed by atoms with Crippen molar-refractivity contribution in [1.82, 2.24) is 0 Å². The lowest BCUT2D eigenvalue weighted by Gasteiger charge is -1.96. The van der Waals surface area contributed by atoms with E-state index in [0.29, 0.717) is 16.6 Å². The number of nitrogen functional groups attached to an aromatic ring is 1. The van der Waals surface area contributed by atoms with Gasteiger partial charge in [0.1, 0.15) is 0 Å². The Morgan fingerprint density at radius 2 is 1.91 bits per heavy atom. The van der Waals surface area contributed by atoms with Crippen LogP contribution in [0.4, 0.5) is 5.69 Å². The molecule has 0 aliphatic heterocycles. The molecule has 0 fully saturated rings. The van der Waals surface area contributed by atoms with Crippen molar-refractivity contribution in [2.45, 2.75) is 0 Å². The third-order valence-corrected chi connectivity index (χ3v) is 1.86. The number of hydrogen-bond acceptors (Lipinski definition) is 2. The fourth-order valence-electron chi connectivity index (χ4n) is 0.746. The molecule has 1 aromatic rings. The molecule has 0 saturated heterocycles. The molecule has 0 bridgehead atoms. The zero-order chi connectivity index (χ0) is 8.27.